The minimum atomic E-state index is 0.214. The first-order valence-corrected chi connectivity index (χ1v) is 11.5. The van der Waals surface area contributed by atoms with Crippen molar-refractivity contribution in [1.82, 2.24) is 9.80 Å². The van der Waals surface area contributed by atoms with Crippen LogP contribution >= 0.6 is 11.3 Å². The Morgan fingerprint density at radius 2 is 1.52 bits per heavy atom. The Morgan fingerprint density at radius 1 is 0.828 bits per heavy atom. The van der Waals surface area contributed by atoms with E-state index in [0.29, 0.717) is 5.92 Å². The normalized spacial score (nSPS) is 23.0. The van der Waals surface area contributed by atoms with Crippen molar-refractivity contribution in [2.45, 2.75) is 18.6 Å². The zero-order chi connectivity index (χ0) is 19.5. The van der Waals surface area contributed by atoms with Crippen LogP contribution in [0.25, 0.3) is 0 Å². The Labute approximate surface area is 177 Å². The lowest BCUT2D eigenvalue weighted by Crippen LogP contribution is -2.47. The first kappa shape index (κ1) is 19.0. The van der Waals surface area contributed by atoms with E-state index < -0.39 is 0 Å². The Kier molecular flexibility index (Phi) is 5.77. The molecule has 0 N–H and O–H groups in total. The van der Waals surface area contributed by atoms with Crippen LogP contribution in [0.5, 0.6) is 0 Å². The van der Waals surface area contributed by atoms with Gasteiger partial charge in [-0.05, 0) is 28.1 Å². The topological polar surface area (TPSA) is 15.7 Å². The predicted octanol–water partition coefficient (Wildman–Crippen LogP) is 4.77. The fourth-order valence-electron chi connectivity index (χ4n) is 4.56. The van der Waals surface area contributed by atoms with Crippen LogP contribution < -0.4 is 0 Å². The molecule has 1 fully saturated rings. The lowest BCUT2D eigenvalue weighted by atomic mass is 9.89. The molecule has 5 rings (SSSR count). The third kappa shape index (κ3) is 4.31. The van der Waals surface area contributed by atoms with Crippen molar-refractivity contribution in [2.24, 2.45) is 0 Å². The van der Waals surface area contributed by atoms with Gasteiger partial charge >= 0.3 is 0 Å². The highest BCUT2D eigenvalue weighted by Crippen LogP contribution is 2.41. The van der Waals surface area contributed by atoms with Gasteiger partial charge in [0, 0.05) is 50.1 Å². The van der Waals surface area contributed by atoms with Gasteiger partial charge in [0.1, 0.15) is 6.10 Å². The molecule has 0 bridgehead atoms. The number of thiophene rings is 1. The van der Waals surface area contributed by atoms with Crippen molar-refractivity contribution in [3.8, 4) is 0 Å². The molecule has 0 spiro atoms. The quantitative estimate of drug-likeness (QED) is 0.609. The van der Waals surface area contributed by atoms with Gasteiger partial charge in [-0.15, -0.1) is 11.3 Å². The number of rotatable bonds is 5. The molecule has 3 nitrogen and oxygen atoms in total. The van der Waals surface area contributed by atoms with Gasteiger partial charge < -0.3 is 4.74 Å². The summed E-state index contributed by atoms with van der Waals surface area (Å²) in [5, 5.41) is 2.24. The zero-order valence-electron chi connectivity index (χ0n) is 16.7. The molecule has 2 aliphatic heterocycles. The highest BCUT2D eigenvalue weighted by atomic mass is 32.1. The van der Waals surface area contributed by atoms with E-state index in [2.05, 4.69) is 81.9 Å². The largest absolute Gasteiger partial charge is 0.370 e. The van der Waals surface area contributed by atoms with Crippen LogP contribution in [0.3, 0.4) is 0 Å². The molecule has 0 radical (unpaired) electrons. The summed E-state index contributed by atoms with van der Waals surface area (Å²) >= 11 is 1.86. The number of ether oxygens (including phenoxy) is 1. The number of hydrogen-bond donors (Lipinski definition) is 0. The van der Waals surface area contributed by atoms with Crippen LogP contribution in [0, 0.1) is 0 Å². The number of fused-ring (bicyclic) bond motifs is 1. The van der Waals surface area contributed by atoms with Gasteiger partial charge in [-0.2, -0.15) is 0 Å². The monoisotopic (exact) mass is 404 g/mol. The highest BCUT2D eigenvalue weighted by molar-refractivity contribution is 7.10. The van der Waals surface area contributed by atoms with Crippen LogP contribution in [0.1, 0.15) is 33.6 Å². The molecule has 1 saturated heterocycles. The fraction of sp³-hybridized carbons (Fsp3) is 0.360. The molecule has 2 atom stereocenters. The van der Waals surface area contributed by atoms with Crippen LogP contribution in [-0.4, -0.2) is 49.1 Å². The van der Waals surface area contributed by atoms with E-state index in [9.17, 15) is 0 Å². The summed E-state index contributed by atoms with van der Waals surface area (Å²) in [7, 11) is 0. The SMILES string of the molecule is c1ccc(CN2CCN(CC3OCC(c4ccccc4)c4ccsc43)CC2)cc1. The second kappa shape index (κ2) is 8.80. The minimum Gasteiger partial charge on any atom is -0.370 e. The van der Waals surface area contributed by atoms with Crippen molar-refractivity contribution in [2.75, 3.05) is 39.3 Å². The van der Waals surface area contributed by atoms with Crippen molar-refractivity contribution in [3.05, 3.63) is 93.7 Å². The summed E-state index contributed by atoms with van der Waals surface area (Å²) < 4.78 is 6.41. The summed E-state index contributed by atoms with van der Waals surface area (Å²) in [5.74, 6) is 0.372. The van der Waals surface area contributed by atoms with Crippen LogP contribution in [0.4, 0.5) is 0 Å². The highest BCUT2D eigenvalue weighted by Gasteiger charge is 2.31. The minimum absolute atomic E-state index is 0.214. The average molecular weight is 405 g/mol. The van der Waals surface area contributed by atoms with E-state index in [4.69, 9.17) is 4.74 Å². The van der Waals surface area contributed by atoms with Gasteiger partial charge in [-0.1, -0.05) is 60.7 Å². The molecule has 3 aromatic rings. The second-order valence-corrected chi connectivity index (χ2v) is 9.04. The van der Waals surface area contributed by atoms with E-state index in [0.717, 1.165) is 45.9 Å². The van der Waals surface area contributed by atoms with E-state index >= 15 is 0 Å². The molecular weight excluding hydrogens is 376 g/mol. The van der Waals surface area contributed by atoms with E-state index in [1.807, 2.05) is 11.3 Å². The van der Waals surface area contributed by atoms with Crippen LogP contribution in [0.15, 0.2) is 72.1 Å². The zero-order valence-corrected chi connectivity index (χ0v) is 17.6. The van der Waals surface area contributed by atoms with E-state index in [1.165, 1.54) is 21.6 Å². The molecule has 3 heterocycles. The molecule has 4 heteroatoms. The third-order valence-corrected chi connectivity index (χ3v) is 7.22. The third-order valence-electron chi connectivity index (χ3n) is 6.20. The smallest absolute Gasteiger partial charge is 0.105 e. The average Bonchev–Trinajstić information content (AvgIpc) is 3.27. The predicted molar refractivity (Wildman–Crippen MR) is 119 cm³/mol. The Hall–Kier alpha value is -1.98. The van der Waals surface area contributed by atoms with Gasteiger partial charge in [0.25, 0.3) is 0 Å². The molecule has 2 aromatic carbocycles. The van der Waals surface area contributed by atoms with Gasteiger partial charge in [-0.3, -0.25) is 9.80 Å². The van der Waals surface area contributed by atoms with Crippen LogP contribution in [-0.2, 0) is 11.3 Å². The molecule has 150 valence electrons. The maximum atomic E-state index is 6.41. The molecule has 1 aromatic heterocycles. The van der Waals surface area contributed by atoms with E-state index in [-0.39, 0.29) is 6.10 Å². The van der Waals surface area contributed by atoms with Crippen molar-refractivity contribution in [1.29, 1.82) is 0 Å². The maximum Gasteiger partial charge on any atom is 0.105 e. The standard InChI is InChI=1S/C25H28N2OS/c1-3-7-20(8-4-1)17-26-12-14-27(15-13-26)18-24-25-22(11-16-29-25)23(19-28-24)21-9-5-2-6-10-21/h1-11,16,23-24H,12-15,17-19H2. The molecule has 2 unspecified atom stereocenters. The summed E-state index contributed by atoms with van der Waals surface area (Å²) in [6.07, 6.45) is 0.214. The van der Waals surface area contributed by atoms with E-state index in [1.54, 1.807) is 0 Å². The molecule has 0 amide bonds. The number of hydrogen-bond acceptors (Lipinski definition) is 4. The fourth-order valence-corrected chi connectivity index (χ4v) is 5.56. The van der Waals surface area contributed by atoms with Gasteiger partial charge in [0.15, 0.2) is 0 Å². The molecule has 0 saturated carbocycles. The maximum absolute atomic E-state index is 6.41. The second-order valence-electron chi connectivity index (χ2n) is 8.09. The number of piperazine rings is 1. The first-order valence-electron chi connectivity index (χ1n) is 10.6. The number of benzene rings is 2. The summed E-state index contributed by atoms with van der Waals surface area (Å²) in [6.45, 7) is 7.35. The van der Waals surface area contributed by atoms with Gasteiger partial charge in [0.2, 0.25) is 0 Å². The van der Waals surface area contributed by atoms with Crippen molar-refractivity contribution in [3.63, 3.8) is 0 Å². The summed E-state index contributed by atoms with van der Waals surface area (Å²) in [5.41, 5.74) is 4.24. The molecule has 2 aliphatic rings. The Morgan fingerprint density at radius 3 is 2.28 bits per heavy atom. The summed E-state index contributed by atoms with van der Waals surface area (Å²) in [6, 6.07) is 23.9. The molecular formula is C25H28N2OS. The van der Waals surface area contributed by atoms with Gasteiger partial charge in [-0.25, -0.2) is 0 Å². The molecule has 29 heavy (non-hydrogen) atoms. The first-order chi connectivity index (χ1) is 14.4. The van der Waals surface area contributed by atoms with Crippen molar-refractivity contribution < 1.29 is 4.74 Å². The lowest BCUT2D eigenvalue weighted by molar-refractivity contribution is 0.000583. The van der Waals surface area contributed by atoms with Crippen molar-refractivity contribution >= 4 is 11.3 Å². The Balaban J connectivity index is 1.20. The van der Waals surface area contributed by atoms with Crippen LogP contribution in [0.2, 0.25) is 0 Å². The molecule has 0 aliphatic carbocycles. The lowest BCUT2D eigenvalue weighted by Gasteiger charge is -2.38. The number of nitrogens with zero attached hydrogens (tertiary/aromatic N) is 2. The summed E-state index contributed by atoms with van der Waals surface area (Å²) in [4.78, 5) is 6.57. The van der Waals surface area contributed by atoms with Gasteiger partial charge in [0.05, 0.1) is 6.61 Å². The Bertz CT molecular complexity index is 903.